The molecule has 0 fully saturated rings. The van der Waals surface area contributed by atoms with E-state index in [-0.39, 0.29) is 5.75 Å². The Morgan fingerprint density at radius 3 is 2.53 bits per heavy atom. The van der Waals surface area contributed by atoms with Crippen molar-refractivity contribution in [1.29, 1.82) is 0 Å². The van der Waals surface area contributed by atoms with Gasteiger partial charge in [0, 0.05) is 10.7 Å². The van der Waals surface area contributed by atoms with Crippen molar-refractivity contribution < 1.29 is 13.2 Å². The minimum Gasteiger partial charge on any atom is -0.496 e. The van der Waals surface area contributed by atoms with Gasteiger partial charge in [-0.25, -0.2) is 8.42 Å². The van der Waals surface area contributed by atoms with Gasteiger partial charge in [-0.1, -0.05) is 6.07 Å². The minimum atomic E-state index is -3.55. The molecule has 0 radical (unpaired) electrons. The summed E-state index contributed by atoms with van der Waals surface area (Å²) in [6, 6.07) is 3.57. The van der Waals surface area contributed by atoms with Crippen LogP contribution in [0.2, 0.25) is 0 Å². The van der Waals surface area contributed by atoms with Crippen LogP contribution in [0.1, 0.15) is 11.1 Å². The summed E-state index contributed by atoms with van der Waals surface area (Å²) in [7, 11) is 3.17. The topological polar surface area (TPSA) is 43.4 Å². The van der Waals surface area contributed by atoms with E-state index >= 15 is 0 Å². The molecule has 0 unspecified atom stereocenters. The largest absolute Gasteiger partial charge is 0.496 e. The average molecular weight is 314 g/mol. The standard InChI is InChI=1S/C9H10BrClO3S/c1-6-3-7(5-15(11,12)13)9(10)8(4-6)14-2/h3-4H,5H2,1-2H3. The number of ether oxygens (including phenoxy) is 1. The quantitative estimate of drug-likeness (QED) is 0.806. The zero-order valence-electron chi connectivity index (χ0n) is 8.25. The highest BCUT2D eigenvalue weighted by molar-refractivity contribution is 9.10. The van der Waals surface area contributed by atoms with Crippen LogP contribution in [0.4, 0.5) is 0 Å². The molecule has 0 aromatic heterocycles. The van der Waals surface area contributed by atoms with Crippen LogP contribution < -0.4 is 4.74 Å². The van der Waals surface area contributed by atoms with E-state index in [4.69, 9.17) is 15.4 Å². The Hall–Kier alpha value is -0.260. The minimum absolute atomic E-state index is 0.215. The van der Waals surface area contributed by atoms with E-state index in [0.29, 0.717) is 15.8 Å². The summed E-state index contributed by atoms with van der Waals surface area (Å²) in [6.45, 7) is 1.86. The van der Waals surface area contributed by atoms with Gasteiger partial charge >= 0.3 is 0 Å². The van der Waals surface area contributed by atoms with Gasteiger partial charge in [0.1, 0.15) is 5.75 Å². The highest BCUT2D eigenvalue weighted by Gasteiger charge is 2.14. The maximum absolute atomic E-state index is 11.0. The maximum Gasteiger partial charge on any atom is 0.236 e. The second-order valence-corrected chi connectivity index (χ2v) is 6.69. The van der Waals surface area contributed by atoms with E-state index in [9.17, 15) is 8.42 Å². The number of hydrogen-bond donors (Lipinski definition) is 0. The van der Waals surface area contributed by atoms with Crippen LogP contribution in [-0.4, -0.2) is 15.5 Å². The molecule has 15 heavy (non-hydrogen) atoms. The number of aryl methyl sites for hydroxylation is 1. The molecular weight excluding hydrogens is 304 g/mol. The van der Waals surface area contributed by atoms with Crippen LogP contribution in [0.5, 0.6) is 5.75 Å². The molecule has 0 heterocycles. The number of methoxy groups -OCH3 is 1. The van der Waals surface area contributed by atoms with Gasteiger partial charge in [0.2, 0.25) is 9.05 Å². The molecule has 0 spiro atoms. The number of rotatable bonds is 3. The summed E-state index contributed by atoms with van der Waals surface area (Å²) in [6.07, 6.45) is 0. The van der Waals surface area contributed by atoms with Crippen molar-refractivity contribution in [2.24, 2.45) is 0 Å². The van der Waals surface area contributed by atoms with E-state index in [1.54, 1.807) is 6.07 Å². The molecule has 1 rings (SSSR count). The Morgan fingerprint density at radius 2 is 2.07 bits per heavy atom. The van der Waals surface area contributed by atoms with Gasteiger partial charge in [-0.2, -0.15) is 0 Å². The van der Waals surface area contributed by atoms with Crippen LogP contribution in [0.15, 0.2) is 16.6 Å². The first kappa shape index (κ1) is 12.8. The summed E-state index contributed by atoms with van der Waals surface area (Å²) >= 11 is 3.28. The molecule has 0 saturated carbocycles. The van der Waals surface area contributed by atoms with E-state index in [2.05, 4.69) is 15.9 Å². The Bertz CT molecular complexity index is 470. The van der Waals surface area contributed by atoms with Crippen molar-refractivity contribution in [3.05, 3.63) is 27.7 Å². The lowest BCUT2D eigenvalue weighted by molar-refractivity contribution is 0.411. The van der Waals surface area contributed by atoms with Gasteiger partial charge < -0.3 is 4.74 Å². The zero-order chi connectivity index (χ0) is 11.6. The van der Waals surface area contributed by atoms with Crippen molar-refractivity contribution in [2.75, 3.05) is 7.11 Å². The molecule has 0 bridgehead atoms. The van der Waals surface area contributed by atoms with Gasteiger partial charge in [0.15, 0.2) is 0 Å². The molecule has 0 aliphatic carbocycles. The molecule has 6 heteroatoms. The van der Waals surface area contributed by atoms with Crippen molar-refractivity contribution in [3.8, 4) is 5.75 Å². The smallest absolute Gasteiger partial charge is 0.236 e. The lowest BCUT2D eigenvalue weighted by Gasteiger charge is -2.09. The fourth-order valence-corrected chi connectivity index (χ4v) is 2.92. The molecule has 0 aliphatic rings. The Balaban J connectivity index is 3.24. The van der Waals surface area contributed by atoms with E-state index < -0.39 is 9.05 Å². The number of benzene rings is 1. The van der Waals surface area contributed by atoms with Gasteiger partial charge in [0.05, 0.1) is 17.3 Å². The summed E-state index contributed by atoms with van der Waals surface area (Å²) in [5.74, 6) is 0.387. The predicted octanol–water partition coefficient (Wildman–Crippen LogP) is 2.83. The van der Waals surface area contributed by atoms with Crippen LogP contribution in [0.25, 0.3) is 0 Å². The highest BCUT2D eigenvalue weighted by atomic mass is 79.9. The molecule has 1 aromatic carbocycles. The lowest BCUT2D eigenvalue weighted by atomic mass is 10.1. The molecular formula is C9H10BrClO3S. The molecule has 0 atom stereocenters. The molecule has 0 N–H and O–H groups in total. The first-order valence-electron chi connectivity index (χ1n) is 4.09. The Morgan fingerprint density at radius 1 is 1.47 bits per heavy atom. The Labute approximate surface area is 102 Å². The van der Waals surface area contributed by atoms with Crippen molar-refractivity contribution in [3.63, 3.8) is 0 Å². The van der Waals surface area contributed by atoms with E-state index in [0.717, 1.165) is 5.56 Å². The summed E-state index contributed by atoms with van der Waals surface area (Å²) < 4.78 is 27.7. The second-order valence-electron chi connectivity index (χ2n) is 3.12. The molecule has 0 aliphatic heterocycles. The fourth-order valence-electron chi connectivity index (χ4n) is 1.25. The summed E-state index contributed by atoms with van der Waals surface area (Å²) in [4.78, 5) is 0. The van der Waals surface area contributed by atoms with E-state index in [1.165, 1.54) is 7.11 Å². The molecule has 3 nitrogen and oxygen atoms in total. The Kier molecular flexibility index (Phi) is 4.03. The third kappa shape index (κ3) is 3.66. The number of hydrogen-bond acceptors (Lipinski definition) is 3. The first-order chi connectivity index (χ1) is 6.83. The zero-order valence-corrected chi connectivity index (χ0v) is 11.4. The highest BCUT2D eigenvalue weighted by Crippen LogP contribution is 2.31. The van der Waals surface area contributed by atoms with Gasteiger partial charge in [-0.3, -0.25) is 0 Å². The lowest BCUT2D eigenvalue weighted by Crippen LogP contribution is -1.98. The third-order valence-electron chi connectivity index (χ3n) is 1.81. The van der Waals surface area contributed by atoms with Crippen LogP contribution in [0.3, 0.4) is 0 Å². The average Bonchev–Trinajstić information content (AvgIpc) is 2.08. The molecule has 1 aromatic rings. The monoisotopic (exact) mass is 312 g/mol. The van der Waals surface area contributed by atoms with Crippen molar-refractivity contribution >= 4 is 35.7 Å². The SMILES string of the molecule is COc1cc(C)cc(CS(=O)(=O)Cl)c1Br. The summed E-state index contributed by atoms with van der Waals surface area (Å²) in [5, 5.41) is 0. The van der Waals surface area contributed by atoms with Crippen molar-refractivity contribution in [1.82, 2.24) is 0 Å². The first-order valence-corrected chi connectivity index (χ1v) is 7.36. The van der Waals surface area contributed by atoms with Gasteiger partial charge in [-0.15, -0.1) is 0 Å². The fraction of sp³-hybridized carbons (Fsp3) is 0.333. The van der Waals surface area contributed by atoms with E-state index in [1.807, 2.05) is 13.0 Å². The molecule has 84 valence electrons. The number of halogens is 2. The van der Waals surface area contributed by atoms with Gasteiger partial charge in [0.25, 0.3) is 0 Å². The maximum atomic E-state index is 11.0. The van der Waals surface area contributed by atoms with Crippen LogP contribution in [0, 0.1) is 6.92 Å². The van der Waals surface area contributed by atoms with Crippen LogP contribution >= 0.6 is 26.6 Å². The van der Waals surface area contributed by atoms with Crippen molar-refractivity contribution in [2.45, 2.75) is 12.7 Å². The summed E-state index contributed by atoms with van der Waals surface area (Å²) in [5.41, 5.74) is 1.52. The van der Waals surface area contributed by atoms with Crippen LogP contribution in [-0.2, 0) is 14.8 Å². The second kappa shape index (κ2) is 4.72. The normalized spacial score (nSPS) is 11.5. The molecule has 0 amide bonds. The predicted molar refractivity (Wildman–Crippen MR) is 63.9 cm³/mol. The van der Waals surface area contributed by atoms with Gasteiger partial charge in [-0.05, 0) is 40.0 Å². The molecule has 0 saturated heterocycles. The third-order valence-corrected chi connectivity index (χ3v) is 3.69.